The van der Waals surface area contributed by atoms with E-state index in [1.165, 1.54) is 12.1 Å². The molecule has 1 atom stereocenters. The van der Waals surface area contributed by atoms with E-state index in [2.05, 4.69) is 10.6 Å². The van der Waals surface area contributed by atoms with Crippen molar-refractivity contribution >= 4 is 21.2 Å². The summed E-state index contributed by atoms with van der Waals surface area (Å²) in [6, 6.07) is 18.0. The van der Waals surface area contributed by atoms with Crippen LogP contribution in [-0.2, 0) is 16.4 Å². The highest BCUT2D eigenvalue weighted by Crippen LogP contribution is 2.45. The second-order valence-corrected chi connectivity index (χ2v) is 10.2. The summed E-state index contributed by atoms with van der Waals surface area (Å²) in [6.45, 7) is 0.293. The average molecular weight is 467 g/mol. The predicted molar refractivity (Wildman–Crippen MR) is 125 cm³/mol. The molecule has 2 aliphatic heterocycles. The minimum Gasteiger partial charge on any atom is -0.506 e. The smallest absolute Gasteiger partial charge is 0.178 e. The average Bonchev–Trinajstić information content (AvgIpc) is 2.97. The van der Waals surface area contributed by atoms with Gasteiger partial charge in [0.2, 0.25) is 0 Å². The molecule has 0 radical (unpaired) electrons. The molecule has 0 saturated heterocycles. The van der Waals surface area contributed by atoms with E-state index in [1.807, 2.05) is 30.3 Å². The molecular formula is C25H23FN2O4S. The number of allylic oxidation sites excluding steroid dienone is 1. The first-order valence-electron chi connectivity index (χ1n) is 10.7. The van der Waals surface area contributed by atoms with Crippen LogP contribution in [0.1, 0.15) is 30.0 Å². The molecule has 2 heterocycles. The minimum atomic E-state index is -3.63. The van der Waals surface area contributed by atoms with Crippen molar-refractivity contribution in [3.05, 3.63) is 94.3 Å². The van der Waals surface area contributed by atoms with Gasteiger partial charge in [0.05, 0.1) is 22.4 Å². The zero-order valence-corrected chi connectivity index (χ0v) is 18.5. The lowest BCUT2D eigenvalue weighted by molar-refractivity contribution is 0.304. The molecule has 33 heavy (non-hydrogen) atoms. The Morgan fingerprint density at radius 1 is 1.06 bits per heavy atom. The molecule has 0 spiro atoms. The van der Waals surface area contributed by atoms with E-state index >= 15 is 4.39 Å². The summed E-state index contributed by atoms with van der Waals surface area (Å²) in [4.78, 5) is 0.112. The van der Waals surface area contributed by atoms with Gasteiger partial charge >= 0.3 is 0 Å². The van der Waals surface area contributed by atoms with Gasteiger partial charge in [0, 0.05) is 17.3 Å². The number of aromatic hydroxyl groups is 1. The Balaban J connectivity index is 1.53. The van der Waals surface area contributed by atoms with Gasteiger partial charge in [-0.3, -0.25) is 0 Å². The number of sulfone groups is 1. The van der Waals surface area contributed by atoms with E-state index < -0.39 is 21.7 Å². The van der Waals surface area contributed by atoms with Gasteiger partial charge in [-0.2, -0.15) is 0 Å². The van der Waals surface area contributed by atoms with Gasteiger partial charge < -0.3 is 20.5 Å². The van der Waals surface area contributed by atoms with E-state index in [-0.39, 0.29) is 22.0 Å². The third kappa shape index (κ3) is 4.14. The normalized spacial score (nSPS) is 18.9. The van der Waals surface area contributed by atoms with Crippen LogP contribution in [0.5, 0.6) is 11.5 Å². The van der Waals surface area contributed by atoms with Gasteiger partial charge in [0.25, 0.3) is 0 Å². The fourth-order valence-electron chi connectivity index (χ4n) is 4.29. The summed E-state index contributed by atoms with van der Waals surface area (Å²) in [5, 5.41) is 16.6. The Hall–Kier alpha value is -3.52. The van der Waals surface area contributed by atoms with Crippen LogP contribution in [0.4, 0.5) is 15.8 Å². The highest BCUT2D eigenvalue weighted by atomic mass is 32.2. The lowest BCUT2D eigenvalue weighted by Crippen LogP contribution is -2.26. The summed E-state index contributed by atoms with van der Waals surface area (Å²) in [5.74, 6) is -0.242. The van der Waals surface area contributed by atoms with Crippen molar-refractivity contribution in [2.24, 2.45) is 0 Å². The van der Waals surface area contributed by atoms with E-state index in [0.29, 0.717) is 42.3 Å². The number of ether oxygens (including phenoxy) is 1. The highest BCUT2D eigenvalue weighted by Gasteiger charge is 2.38. The van der Waals surface area contributed by atoms with Crippen molar-refractivity contribution in [3.8, 4) is 11.5 Å². The predicted octanol–water partition coefficient (Wildman–Crippen LogP) is 5.11. The molecule has 1 unspecified atom stereocenters. The van der Waals surface area contributed by atoms with Crippen LogP contribution in [0.2, 0.25) is 0 Å². The number of benzene rings is 3. The molecule has 2 aliphatic rings. The Bertz CT molecular complexity index is 1340. The Morgan fingerprint density at radius 3 is 2.67 bits per heavy atom. The standard InChI is InChI=1S/C25H23FN2O4S/c26-19-14-17(32-15-16-6-2-1-3-7-16)11-12-18(19)23-25-21(9-5-13-33(25,30)31)28-24-20(27-23)8-4-10-22(24)29/h1-4,6-8,10-12,14,23,27-29H,5,9,13,15H2. The molecular weight excluding hydrogens is 443 g/mol. The van der Waals surface area contributed by atoms with Crippen molar-refractivity contribution in [1.29, 1.82) is 0 Å². The number of halogens is 1. The largest absolute Gasteiger partial charge is 0.506 e. The summed E-state index contributed by atoms with van der Waals surface area (Å²) >= 11 is 0. The minimum absolute atomic E-state index is 0.00604. The number of nitrogens with one attached hydrogen (secondary N) is 2. The van der Waals surface area contributed by atoms with Gasteiger partial charge in [-0.15, -0.1) is 0 Å². The molecule has 0 fully saturated rings. The van der Waals surface area contributed by atoms with Gasteiger partial charge in [-0.05, 0) is 42.7 Å². The molecule has 0 saturated carbocycles. The third-order valence-electron chi connectivity index (χ3n) is 5.88. The Morgan fingerprint density at radius 2 is 1.88 bits per heavy atom. The maximum atomic E-state index is 15.4. The second kappa shape index (κ2) is 8.44. The maximum absolute atomic E-state index is 15.4. The SMILES string of the molecule is O=S1(=O)CCCC2=C1C(c1ccc(OCc3ccccc3)cc1F)Nc1cccc(O)c1N2. The van der Waals surface area contributed by atoms with Crippen LogP contribution in [0.15, 0.2) is 77.3 Å². The molecule has 0 aliphatic carbocycles. The van der Waals surface area contributed by atoms with E-state index in [4.69, 9.17) is 4.74 Å². The molecule has 3 aromatic rings. The van der Waals surface area contributed by atoms with Crippen molar-refractivity contribution in [2.75, 3.05) is 16.4 Å². The number of hydrogen-bond acceptors (Lipinski definition) is 6. The lowest BCUT2D eigenvalue weighted by atomic mass is 10.0. The van der Waals surface area contributed by atoms with Gasteiger partial charge in [-0.1, -0.05) is 36.4 Å². The van der Waals surface area contributed by atoms with E-state index in [0.717, 1.165) is 5.56 Å². The van der Waals surface area contributed by atoms with Gasteiger partial charge in [0.15, 0.2) is 9.84 Å². The zero-order chi connectivity index (χ0) is 23.0. The summed E-state index contributed by atoms with van der Waals surface area (Å²) in [5.41, 5.74) is 2.50. The molecule has 0 amide bonds. The van der Waals surface area contributed by atoms with Crippen LogP contribution in [0, 0.1) is 5.82 Å². The molecule has 170 valence electrons. The van der Waals surface area contributed by atoms with Crippen LogP contribution in [0.25, 0.3) is 0 Å². The quantitative estimate of drug-likeness (QED) is 0.463. The Labute approximate surface area is 191 Å². The first-order chi connectivity index (χ1) is 15.9. The number of phenolic OH excluding ortho intramolecular Hbond substituents is 1. The monoisotopic (exact) mass is 466 g/mol. The number of rotatable bonds is 4. The number of anilines is 2. The third-order valence-corrected chi connectivity index (χ3v) is 7.86. The van der Waals surface area contributed by atoms with E-state index in [1.54, 1.807) is 24.3 Å². The van der Waals surface area contributed by atoms with Crippen LogP contribution in [-0.4, -0.2) is 19.3 Å². The second-order valence-electron chi connectivity index (χ2n) is 8.12. The van der Waals surface area contributed by atoms with Gasteiger partial charge in [-0.25, -0.2) is 12.8 Å². The topological polar surface area (TPSA) is 87.7 Å². The van der Waals surface area contributed by atoms with Crippen LogP contribution < -0.4 is 15.4 Å². The van der Waals surface area contributed by atoms with E-state index in [9.17, 15) is 13.5 Å². The van der Waals surface area contributed by atoms with Crippen molar-refractivity contribution in [1.82, 2.24) is 0 Å². The first-order valence-corrected chi connectivity index (χ1v) is 12.3. The van der Waals surface area contributed by atoms with Crippen LogP contribution >= 0.6 is 0 Å². The first kappa shape index (κ1) is 21.3. The maximum Gasteiger partial charge on any atom is 0.178 e. The molecule has 0 bridgehead atoms. The molecule has 8 heteroatoms. The van der Waals surface area contributed by atoms with Crippen molar-refractivity contribution in [2.45, 2.75) is 25.5 Å². The Kier molecular flexibility index (Phi) is 5.46. The van der Waals surface area contributed by atoms with Crippen LogP contribution in [0.3, 0.4) is 0 Å². The van der Waals surface area contributed by atoms with Crippen molar-refractivity contribution < 1.29 is 22.7 Å². The highest BCUT2D eigenvalue weighted by molar-refractivity contribution is 7.95. The summed E-state index contributed by atoms with van der Waals surface area (Å²) < 4.78 is 47.2. The van der Waals surface area contributed by atoms with Gasteiger partial charge in [0.1, 0.15) is 29.6 Å². The molecule has 6 nitrogen and oxygen atoms in total. The lowest BCUT2D eigenvalue weighted by Gasteiger charge is -2.26. The fraction of sp³-hybridized carbons (Fsp3) is 0.200. The molecule has 5 rings (SSSR count). The molecule has 3 aromatic carbocycles. The fourth-order valence-corrected chi connectivity index (χ4v) is 6.11. The molecule has 0 aromatic heterocycles. The zero-order valence-electron chi connectivity index (χ0n) is 17.7. The number of para-hydroxylation sites is 1. The summed E-state index contributed by atoms with van der Waals surface area (Å²) in [7, 11) is -3.63. The number of phenols is 1. The number of fused-ring (bicyclic) bond motifs is 1. The van der Waals surface area contributed by atoms with Crippen molar-refractivity contribution in [3.63, 3.8) is 0 Å². The summed E-state index contributed by atoms with van der Waals surface area (Å²) in [6.07, 6.45) is 0.943. The number of hydrogen-bond donors (Lipinski definition) is 3. The molecule has 3 N–H and O–H groups in total.